The second-order valence-corrected chi connectivity index (χ2v) is 3.72. The van der Waals surface area contributed by atoms with Crippen molar-refractivity contribution in [1.29, 1.82) is 0 Å². The molecule has 1 aromatic carbocycles. The standard InChI is InChI=1S/C12H15N3/c1-8-4-3-5-10(6-8)12-11(7-13)14-9(2)15-12/h3-6H,7,13H2,1-2H3,(H,14,15). The molecule has 0 bridgehead atoms. The molecule has 0 radical (unpaired) electrons. The van der Waals surface area contributed by atoms with E-state index in [4.69, 9.17) is 5.73 Å². The zero-order valence-electron chi connectivity index (χ0n) is 9.04. The summed E-state index contributed by atoms with van der Waals surface area (Å²) in [5.41, 5.74) is 9.99. The number of nitrogens with two attached hydrogens (primary N) is 1. The van der Waals surface area contributed by atoms with E-state index in [2.05, 4.69) is 35.1 Å². The van der Waals surface area contributed by atoms with Gasteiger partial charge in [-0.15, -0.1) is 0 Å². The average molecular weight is 201 g/mol. The maximum Gasteiger partial charge on any atom is 0.103 e. The first kappa shape index (κ1) is 9.93. The van der Waals surface area contributed by atoms with Crippen LogP contribution in [0, 0.1) is 13.8 Å². The Kier molecular flexibility index (Phi) is 2.56. The van der Waals surface area contributed by atoms with Gasteiger partial charge < -0.3 is 10.7 Å². The Bertz CT molecular complexity index is 471. The fourth-order valence-corrected chi connectivity index (χ4v) is 1.72. The van der Waals surface area contributed by atoms with Gasteiger partial charge in [-0.2, -0.15) is 0 Å². The molecule has 0 aliphatic heterocycles. The molecule has 15 heavy (non-hydrogen) atoms. The Labute approximate surface area is 89.4 Å². The molecule has 0 saturated heterocycles. The highest BCUT2D eigenvalue weighted by molar-refractivity contribution is 5.62. The van der Waals surface area contributed by atoms with Crippen LogP contribution in [0.4, 0.5) is 0 Å². The zero-order valence-corrected chi connectivity index (χ0v) is 9.04. The topological polar surface area (TPSA) is 54.7 Å². The van der Waals surface area contributed by atoms with Crippen LogP contribution in [0.5, 0.6) is 0 Å². The molecule has 2 rings (SSSR count). The lowest BCUT2D eigenvalue weighted by molar-refractivity contribution is 0.998. The van der Waals surface area contributed by atoms with Gasteiger partial charge in [0.2, 0.25) is 0 Å². The fraction of sp³-hybridized carbons (Fsp3) is 0.250. The number of H-pyrrole nitrogens is 1. The van der Waals surface area contributed by atoms with Crippen LogP contribution in [0.15, 0.2) is 24.3 Å². The van der Waals surface area contributed by atoms with E-state index in [-0.39, 0.29) is 0 Å². The molecule has 0 unspecified atom stereocenters. The normalized spacial score (nSPS) is 10.6. The average Bonchev–Trinajstić information content (AvgIpc) is 2.59. The molecule has 1 aromatic heterocycles. The van der Waals surface area contributed by atoms with Crippen LogP contribution in [0.25, 0.3) is 11.3 Å². The van der Waals surface area contributed by atoms with Gasteiger partial charge >= 0.3 is 0 Å². The summed E-state index contributed by atoms with van der Waals surface area (Å²) in [5.74, 6) is 0.909. The Hall–Kier alpha value is -1.61. The van der Waals surface area contributed by atoms with Crippen LogP contribution in [-0.4, -0.2) is 9.97 Å². The smallest absolute Gasteiger partial charge is 0.103 e. The van der Waals surface area contributed by atoms with Crippen molar-refractivity contribution in [3.05, 3.63) is 41.3 Å². The maximum atomic E-state index is 5.67. The summed E-state index contributed by atoms with van der Waals surface area (Å²) in [6.45, 7) is 4.51. The zero-order chi connectivity index (χ0) is 10.8. The highest BCUT2D eigenvalue weighted by atomic mass is 14.9. The molecule has 3 N–H and O–H groups in total. The maximum absolute atomic E-state index is 5.67. The highest BCUT2D eigenvalue weighted by Crippen LogP contribution is 2.22. The van der Waals surface area contributed by atoms with Crippen molar-refractivity contribution in [3.8, 4) is 11.3 Å². The lowest BCUT2D eigenvalue weighted by Gasteiger charge is -2.01. The quantitative estimate of drug-likeness (QED) is 0.782. The number of aromatic nitrogens is 2. The second kappa shape index (κ2) is 3.87. The molecule has 0 aliphatic rings. The predicted octanol–water partition coefficient (Wildman–Crippen LogP) is 2.15. The van der Waals surface area contributed by atoms with Crippen molar-refractivity contribution >= 4 is 0 Å². The number of aryl methyl sites for hydroxylation is 2. The number of rotatable bonds is 2. The van der Waals surface area contributed by atoms with Crippen molar-refractivity contribution < 1.29 is 0 Å². The predicted molar refractivity (Wildman–Crippen MR) is 61.4 cm³/mol. The summed E-state index contributed by atoms with van der Waals surface area (Å²) < 4.78 is 0. The lowest BCUT2D eigenvalue weighted by Crippen LogP contribution is -1.98. The molecule has 0 atom stereocenters. The minimum Gasteiger partial charge on any atom is -0.345 e. The van der Waals surface area contributed by atoms with Gasteiger partial charge in [0.1, 0.15) is 5.82 Å². The van der Waals surface area contributed by atoms with Gasteiger partial charge in [-0.25, -0.2) is 4.98 Å². The summed E-state index contributed by atoms with van der Waals surface area (Å²) >= 11 is 0. The van der Waals surface area contributed by atoms with Crippen molar-refractivity contribution in [2.24, 2.45) is 5.73 Å². The number of benzene rings is 1. The van der Waals surface area contributed by atoms with Gasteiger partial charge in [-0.1, -0.05) is 23.8 Å². The Morgan fingerprint density at radius 3 is 2.80 bits per heavy atom. The third-order valence-corrected chi connectivity index (χ3v) is 2.39. The summed E-state index contributed by atoms with van der Waals surface area (Å²) in [6, 6.07) is 8.29. The van der Waals surface area contributed by atoms with Gasteiger partial charge in [-0.3, -0.25) is 0 Å². The first-order chi connectivity index (χ1) is 7.20. The number of imidazole rings is 1. The third-order valence-electron chi connectivity index (χ3n) is 2.39. The number of nitrogens with one attached hydrogen (secondary N) is 1. The summed E-state index contributed by atoms with van der Waals surface area (Å²) in [5, 5.41) is 0. The van der Waals surface area contributed by atoms with E-state index < -0.39 is 0 Å². The molecule has 0 saturated carbocycles. The van der Waals surface area contributed by atoms with E-state index in [0.717, 1.165) is 22.8 Å². The summed E-state index contributed by atoms with van der Waals surface area (Å²) in [4.78, 5) is 7.63. The molecule has 0 spiro atoms. The van der Waals surface area contributed by atoms with Crippen LogP contribution in [0.1, 0.15) is 17.1 Å². The molecule has 3 heteroatoms. The van der Waals surface area contributed by atoms with Gasteiger partial charge in [0.15, 0.2) is 0 Å². The van der Waals surface area contributed by atoms with Crippen molar-refractivity contribution in [3.63, 3.8) is 0 Å². The van der Waals surface area contributed by atoms with Crippen LogP contribution < -0.4 is 5.73 Å². The molecule has 0 amide bonds. The molecule has 0 aliphatic carbocycles. The summed E-state index contributed by atoms with van der Waals surface area (Å²) in [7, 11) is 0. The molecule has 1 heterocycles. The summed E-state index contributed by atoms with van der Waals surface area (Å²) in [6.07, 6.45) is 0. The minimum absolute atomic E-state index is 0.490. The molecule has 78 valence electrons. The molecular formula is C12H15N3. The number of hydrogen-bond donors (Lipinski definition) is 2. The van der Waals surface area contributed by atoms with Crippen molar-refractivity contribution in [2.45, 2.75) is 20.4 Å². The van der Waals surface area contributed by atoms with Gasteiger partial charge in [0.05, 0.1) is 11.4 Å². The molecule has 3 nitrogen and oxygen atoms in total. The van der Waals surface area contributed by atoms with E-state index >= 15 is 0 Å². The second-order valence-electron chi connectivity index (χ2n) is 3.72. The largest absolute Gasteiger partial charge is 0.345 e. The van der Waals surface area contributed by atoms with E-state index in [1.165, 1.54) is 5.56 Å². The van der Waals surface area contributed by atoms with Crippen LogP contribution in [0.3, 0.4) is 0 Å². The van der Waals surface area contributed by atoms with Gasteiger partial charge in [0, 0.05) is 12.1 Å². The van der Waals surface area contributed by atoms with Crippen LogP contribution >= 0.6 is 0 Å². The molecular weight excluding hydrogens is 186 g/mol. The van der Waals surface area contributed by atoms with Crippen molar-refractivity contribution in [2.75, 3.05) is 0 Å². The van der Waals surface area contributed by atoms with Crippen molar-refractivity contribution in [1.82, 2.24) is 9.97 Å². The third kappa shape index (κ3) is 1.92. The number of hydrogen-bond acceptors (Lipinski definition) is 2. The number of nitrogens with zero attached hydrogens (tertiary/aromatic N) is 1. The Balaban J connectivity index is 2.53. The van der Waals surface area contributed by atoms with E-state index in [1.54, 1.807) is 0 Å². The first-order valence-corrected chi connectivity index (χ1v) is 5.03. The lowest BCUT2D eigenvalue weighted by atomic mass is 10.1. The van der Waals surface area contributed by atoms with Crippen LogP contribution in [-0.2, 0) is 6.54 Å². The van der Waals surface area contributed by atoms with Gasteiger partial charge in [-0.05, 0) is 19.9 Å². The number of aromatic amines is 1. The highest BCUT2D eigenvalue weighted by Gasteiger charge is 2.08. The minimum atomic E-state index is 0.490. The monoisotopic (exact) mass is 201 g/mol. The Morgan fingerprint density at radius 1 is 1.33 bits per heavy atom. The van der Waals surface area contributed by atoms with E-state index in [1.807, 2.05) is 13.0 Å². The van der Waals surface area contributed by atoms with E-state index in [9.17, 15) is 0 Å². The SMILES string of the molecule is Cc1cccc(-c2nc(C)[nH]c2CN)c1. The Morgan fingerprint density at radius 2 is 2.13 bits per heavy atom. The molecule has 2 aromatic rings. The van der Waals surface area contributed by atoms with Crippen LogP contribution in [0.2, 0.25) is 0 Å². The first-order valence-electron chi connectivity index (χ1n) is 5.03. The van der Waals surface area contributed by atoms with Gasteiger partial charge in [0.25, 0.3) is 0 Å². The molecule has 0 fully saturated rings. The fourth-order valence-electron chi connectivity index (χ4n) is 1.72. The van der Waals surface area contributed by atoms with E-state index in [0.29, 0.717) is 6.54 Å².